The minimum absolute atomic E-state index is 0.668. The van der Waals surface area contributed by atoms with Crippen molar-refractivity contribution in [2.45, 2.75) is 18.9 Å². The van der Waals surface area contributed by atoms with Crippen molar-refractivity contribution in [3.8, 4) is 12.3 Å². The van der Waals surface area contributed by atoms with Gasteiger partial charge in [-0.25, -0.2) is 0 Å². The van der Waals surface area contributed by atoms with Crippen LogP contribution in [0.4, 0.5) is 0 Å². The van der Waals surface area contributed by atoms with Crippen molar-refractivity contribution >= 4 is 19.2 Å². The van der Waals surface area contributed by atoms with Crippen LogP contribution in [0.5, 0.6) is 0 Å². The Labute approximate surface area is 111 Å². The molecule has 0 heterocycles. The highest BCUT2D eigenvalue weighted by Gasteiger charge is 2.15. The summed E-state index contributed by atoms with van der Waals surface area (Å²) in [5, 5.41) is 2.96. The van der Waals surface area contributed by atoms with Gasteiger partial charge in [0.25, 0.3) is 0 Å². The van der Waals surface area contributed by atoms with Gasteiger partial charge in [-0.3, -0.25) is 0 Å². The fraction of sp³-hybridized carbons (Fsp3) is 0.176. The minimum atomic E-state index is -0.668. The lowest BCUT2D eigenvalue weighted by atomic mass is 10.3. The second-order valence-corrected chi connectivity index (χ2v) is 6.88. The smallest absolute Gasteiger partial charge is 0.120 e. The van der Waals surface area contributed by atoms with E-state index in [9.17, 15) is 0 Å². The monoisotopic (exact) mass is 249 g/mol. The van der Waals surface area contributed by atoms with E-state index in [4.69, 9.17) is 6.42 Å². The first kappa shape index (κ1) is 12.7. The Bertz CT molecular complexity index is 457. The standard InChI is InChI=1S/C17H17Si/c1-2-3-10-15-18(16-11-6-4-7-12-16)17-13-8-5-9-14-17/h1,4-9,11-14H,3,10,15H2. The third-order valence-corrected chi connectivity index (χ3v) is 5.91. The van der Waals surface area contributed by atoms with Gasteiger partial charge in [0.15, 0.2) is 0 Å². The molecular weight excluding hydrogens is 232 g/mol. The molecule has 0 N–H and O–H groups in total. The van der Waals surface area contributed by atoms with Gasteiger partial charge in [-0.2, -0.15) is 0 Å². The largest absolute Gasteiger partial charge is 0.121 e. The molecule has 0 spiro atoms. The summed E-state index contributed by atoms with van der Waals surface area (Å²) in [6, 6.07) is 22.9. The van der Waals surface area contributed by atoms with Crippen LogP contribution in [0.15, 0.2) is 60.7 Å². The molecule has 89 valence electrons. The van der Waals surface area contributed by atoms with Gasteiger partial charge in [-0.05, 0) is 12.5 Å². The Kier molecular flexibility index (Phi) is 4.81. The maximum absolute atomic E-state index is 5.35. The molecule has 2 aromatic carbocycles. The van der Waals surface area contributed by atoms with Gasteiger partial charge in [0.2, 0.25) is 0 Å². The zero-order valence-electron chi connectivity index (χ0n) is 10.5. The van der Waals surface area contributed by atoms with Gasteiger partial charge in [-0.1, -0.05) is 71.0 Å². The van der Waals surface area contributed by atoms with E-state index in [0.717, 1.165) is 12.8 Å². The Morgan fingerprint density at radius 2 is 1.33 bits per heavy atom. The number of rotatable bonds is 5. The highest BCUT2D eigenvalue weighted by Crippen LogP contribution is 2.03. The van der Waals surface area contributed by atoms with E-state index in [-0.39, 0.29) is 0 Å². The lowest BCUT2D eigenvalue weighted by Gasteiger charge is -2.15. The third kappa shape index (κ3) is 3.35. The molecule has 0 saturated heterocycles. The van der Waals surface area contributed by atoms with E-state index < -0.39 is 8.80 Å². The number of hydrogen-bond donors (Lipinski definition) is 0. The molecule has 2 aromatic rings. The summed E-state index contributed by atoms with van der Waals surface area (Å²) in [4.78, 5) is 0. The van der Waals surface area contributed by atoms with E-state index in [1.165, 1.54) is 16.4 Å². The van der Waals surface area contributed by atoms with E-state index in [0.29, 0.717) is 0 Å². The first-order valence-electron chi connectivity index (χ1n) is 6.32. The van der Waals surface area contributed by atoms with E-state index >= 15 is 0 Å². The molecule has 1 heteroatoms. The van der Waals surface area contributed by atoms with E-state index in [1.54, 1.807) is 0 Å². The number of unbranched alkanes of at least 4 members (excludes halogenated alkanes) is 1. The Morgan fingerprint density at radius 3 is 1.78 bits per heavy atom. The first-order chi connectivity index (χ1) is 8.92. The normalized spacial score (nSPS) is 10.2. The Hall–Kier alpha value is -1.78. The van der Waals surface area contributed by atoms with Crippen molar-refractivity contribution in [2.75, 3.05) is 0 Å². The maximum Gasteiger partial charge on any atom is 0.121 e. The van der Waals surface area contributed by atoms with Crippen LogP contribution in [0.2, 0.25) is 6.04 Å². The molecule has 0 bridgehead atoms. The van der Waals surface area contributed by atoms with Crippen LogP contribution in [-0.2, 0) is 0 Å². The summed E-state index contributed by atoms with van der Waals surface area (Å²) < 4.78 is 0. The molecular formula is C17H17Si. The topological polar surface area (TPSA) is 0 Å². The molecule has 2 rings (SSSR count). The minimum Gasteiger partial charge on any atom is -0.120 e. The second kappa shape index (κ2) is 6.83. The zero-order valence-corrected chi connectivity index (χ0v) is 11.5. The molecule has 0 aliphatic carbocycles. The fourth-order valence-corrected chi connectivity index (χ4v) is 4.73. The molecule has 0 atom stereocenters. The van der Waals surface area contributed by atoms with Crippen molar-refractivity contribution in [2.24, 2.45) is 0 Å². The average molecular weight is 249 g/mol. The lowest BCUT2D eigenvalue weighted by Crippen LogP contribution is -2.41. The summed E-state index contributed by atoms with van der Waals surface area (Å²) >= 11 is 0. The van der Waals surface area contributed by atoms with Crippen LogP contribution in [0.1, 0.15) is 12.8 Å². The SMILES string of the molecule is C#CCCC[Si](c1ccccc1)c1ccccc1. The second-order valence-electron chi connectivity index (χ2n) is 4.27. The lowest BCUT2D eigenvalue weighted by molar-refractivity contribution is 0.972. The van der Waals surface area contributed by atoms with Crippen LogP contribution in [-0.4, -0.2) is 8.80 Å². The van der Waals surface area contributed by atoms with Crippen LogP contribution in [0.3, 0.4) is 0 Å². The zero-order chi connectivity index (χ0) is 12.6. The van der Waals surface area contributed by atoms with E-state index in [1.807, 2.05) is 0 Å². The van der Waals surface area contributed by atoms with Crippen LogP contribution >= 0.6 is 0 Å². The number of terminal acetylenes is 1. The van der Waals surface area contributed by atoms with Crippen LogP contribution in [0.25, 0.3) is 0 Å². The fourth-order valence-electron chi connectivity index (χ4n) is 2.10. The quantitative estimate of drug-likeness (QED) is 0.434. The predicted octanol–water partition coefficient (Wildman–Crippen LogP) is 2.71. The van der Waals surface area contributed by atoms with Crippen molar-refractivity contribution in [1.29, 1.82) is 0 Å². The highest BCUT2D eigenvalue weighted by atomic mass is 28.3. The molecule has 0 fully saturated rings. The van der Waals surface area contributed by atoms with Crippen LogP contribution < -0.4 is 10.4 Å². The van der Waals surface area contributed by atoms with Gasteiger partial charge in [0.05, 0.1) is 0 Å². The molecule has 18 heavy (non-hydrogen) atoms. The van der Waals surface area contributed by atoms with Crippen molar-refractivity contribution < 1.29 is 0 Å². The molecule has 0 unspecified atom stereocenters. The predicted molar refractivity (Wildman–Crippen MR) is 80.8 cm³/mol. The highest BCUT2D eigenvalue weighted by molar-refractivity contribution is 6.85. The summed E-state index contributed by atoms with van der Waals surface area (Å²) in [5.41, 5.74) is 0. The molecule has 1 radical (unpaired) electrons. The van der Waals surface area contributed by atoms with E-state index in [2.05, 4.69) is 66.6 Å². The third-order valence-electron chi connectivity index (χ3n) is 2.99. The van der Waals surface area contributed by atoms with Crippen molar-refractivity contribution in [1.82, 2.24) is 0 Å². The Balaban J connectivity index is 2.21. The molecule has 0 aliphatic heterocycles. The summed E-state index contributed by atoms with van der Waals surface area (Å²) in [6.45, 7) is 0. The molecule has 0 nitrogen and oxygen atoms in total. The summed E-state index contributed by atoms with van der Waals surface area (Å²) in [6.07, 6.45) is 7.36. The van der Waals surface area contributed by atoms with Gasteiger partial charge >= 0.3 is 0 Å². The number of benzene rings is 2. The van der Waals surface area contributed by atoms with Gasteiger partial charge in [-0.15, -0.1) is 12.3 Å². The molecule has 0 aliphatic rings. The molecule has 0 aromatic heterocycles. The Morgan fingerprint density at radius 1 is 0.833 bits per heavy atom. The molecule has 0 saturated carbocycles. The number of hydrogen-bond acceptors (Lipinski definition) is 0. The summed E-state index contributed by atoms with van der Waals surface area (Å²) in [7, 11) is -0.668. The van der Waals surface area contributed by atoms with Crippen molar-refractivity contribution in [3.05, 3.63) is 60.7 Å². The van der Waals surface area contributed by atoms with Gasteiger partial charge in [0, 0.05) is 6.42 Å². The molecule has 0 amide bonds. The maximum atomic E-state index is 5.35. The van der Waals surface area contributed by atoms with Gasteiger partial charge in [0.1, 0.15) is 8.80 Å². The summed E-state index contributed by atoms with van der Waals surface area (Å²) in [5.74, 6) is 2.74. The van der Waals surface area contributed by atoms with Crippen LogP contribution in [0, 0.1) is 12.3 Å². The van der Waals surface area contributed by atoms with Gasteiger partial charge < -0.3 is 0 Å². The average Bonchev–Trinajstić information content (AvgIpc) is 2.46. The van der Waals surface area contributed by atoms with Crippen molar-refractivity contribution in [3.63, 3.8) is 0 Å². The first-order valence-corrected chi connectivity index (χ1v) is 8.02.